The van der Waals surface area contributed by atoms with Crippen molar-refractivity contribution in [2.75, 3.05) is 13.7 Å². The normalized spacial score (nSPS) is 13.5. The Bertz CT molecular complexity index is 382. The van der Waals surface area contributed by atoms with Crippen LogP contribution in [0.5, 0.6) is 0 Å². The molecule has 0 saturated heterocycles. The van der Waals surface area contributed by atoms with Crippen molar-refractivity contribution in [3.05, 3.63) is 5.82 Å². The minimum Gasteiger partial charge on any atom is -0.469 e. The van der Waals surface area contributed by atoms with E-state index >= 15 is 0 Å². The Morgan fingerprint density at radius 3 is 2.59 bits per heavy atom. The molecule has 0 aliphatic carbocycles. The van der Waals surface area contributed by atoms with Crippen LogP contribution in [0.4, 0.5) is 0 Å². The van der Waals surface area contributed by atoms with Gasteiger partial charge in [0.15, 0.2) is 5.82 Å². The van der Waals surface area contributed by atoms with Crippen LogP contribution in [0, 0.1) is 0 Å². The standard InChI is InChI=1S/C10H19N5O2/c1-10(2,3)15-13-9(12-14-15)7(6-11)5-8(16)17-4/h7H,5-6,11H2,1-4H3. The summed E-state index contributed by atoms with van der Waals surface area (Å²) in [5, 5.41) is 12.1. The zero-order valence-electron chi connectivity index (χ0n) is 10.7. The van der Waals surface area contributed by atoms with Crippen molar-refractivity contribution in [1.29, 1.82) is 0 Å². The van der Waals surface area contributed by atoms with Gasteiger partial charge in [0.1, 0.15) is 0 Å². The van der Waals surface area contributed by atoms with Crippen LogP contribution < -0.4 is 5.73 Å². The number of ether oxygens (including phenoxy) is 1. The van der Waals surface area contributed by atoms with E-state index < -0.39 is 0 Å². The molecule has 0 bridgehead atoms. The lowest BCUT2D eigenvalue weighted by molar-refractivity contribution is -0.141. The van der Waals surface area contributed by atoms with Gasteiger partial charge in [-0.3, -0.25) is 4.79 Å². The maximum Gasteiger partial charge on any atom is 0.306 e. The van der Waals surface area contributed by atoms with Crippen LogP contribution in [-0.2, 0) is 15.1 Å². The smallest absolute Gasteiger partial charge is 0.306 e. The molecule has 1 aromatic heterocycles. The second-order valence-electron chi connectivity index (χ2n) is 4.82. The number of carbonyl (C=O) groups is 1. The van der Waals surface area contributed by atoms with Gasteiger partial charge in [-0.15, -0.1) is 10.2 Å². The van der Waals surface area contributed by atoms with Crippen molar-refractivity contribution in [1.82, 2.24) is 20.2 Å². The summed E-state index contributed by atoms with van der Waals surface area (Å²) < 4.78 is 4.60. The fraction of sp³-hybridized carbons (Fsp3) is 0.800. The van der Waals surface area contributed by atoms with Gasteiger partial charge in [0.2, 0.25) is 0 Å². The number of aromatic nitrogens is 4. The molecule has 7 nitrogen and oxygen atoms in total. The van der Waals surface area contributed by atoms with Crippen LogP contribution >= 0.6 is 0 Å². The van der Waals surface area contributed by atoms with Crippen molar-refractivity contribution in [2.45, 2.75) is 38.6 Å². The molecule has 0 radical (unpaired) electrons. The highest BCUT2D eigenvalue weighted by Gasteiger charge is 2.23. The molecular formula is C10H19N5O2. The summed E-state index contributed by atoms with van der Waals surface area (Å²) in [5.74, 6) is -0.0982. The third kappa shape index (κ3) is 3.48. The highest BCUT2D eigenvalue weighted by atomic mass is 16.5. The second kappa shape index (κ2) is 5.22. The summed E-state index contributed by atoms with van der Waals surface area (Å²) >= 11 is 0. The largest absolute Gasteiger partial charge is 0.469 e. The fourth-order valence-electron chi connectivity index (χ4n) is 1.24. The molecule has 0 spiro atoms. The summed E-state index contributed by atoms with van der Waals surface area (Å²) in [6.07, 6.45) is 0.169. The van der Waals surface area contributed by atoms with E-state index in [0.29, 0.717) is 5.82 Å². The van der Waals surface area contributed by atoms with Crippen LogP contribution in [0.3, 0.4) is 0 Å². The van der Waals surface area contributed by atoms with Crippen LogP contribution in [0.15, 0.2) is 0 Å². The van der Waals surface area contributed by atoms with Gasteiger partial charge in [0, 0.05) is 12.5 Å². The van der Waals surface area contributed by atoms with E-state index in [1.165, 1.54) is 11.9 Å². The number of hydrogen-bond donors (Lipinski definition) is 1. The lowest BCUT2D eigenvalue weighted by Gasteiger charge is -2.15. The highest BCUT2D eigenvalue weighted by Crippen LogP contribution is 2.16. The molecule has 0 amide bonds. The molecule has 1 rings (SSSR count). The van der Waals surface area contributed by atoms with Crippen LogP contribution in [-0.4, -0.2) is 39.8 Å². The van der Waals surface area contributed by atoms with Gasteiger partial charge in [-0.2, -0.15) is 4.80 Å². The molecule has 0 fully saturated rings. The predicted molar refractivity (Wildman–Crippen MR) is 61.2 cm³/mol. The molecule has 0 aliphatic heterocycles. The first-order chi connectivity index (χ1) is 7.88. The maximum atomic E-state index is 11.2. The van der Waals surface area contributed by atoms with E-state index in [1.54, 1.807) is 0 Å². The molecule has 17 heavy (non-hydrogen) atoms. The number of nitrogens with two attached hydrogens (primary N) is 1. The van der Waals surface area contributed by atoms with Crippen molar-refractivity contribution in [3.8, 4) is 0 Å². The number of nitrogens with zero attached hydrogens (tertiary/aromatic N) is 4. The lowest BCUT2D eigenvalue weighted by atomic mass is 10.1. The Morgan fingerprint density at radius 1 is 1.53 bits per heavy atom. The van der Waals surface area contributed by atoms with E-state index in [0.717, 1.165) is 0 Å². The average Bonchev–Trinajstić information content (AvgIpc) is 2.74. The second-order valence-corrected chi connectivity index (χ2v) is 4.82. The van der Waals surface area contributed by atoms with Crippen molar-refractivity contribution in [2.24, 2.45) is 5.73 Å². The molecule has 0 aromatic carbocycles. The first-order valence-electron chi connectivity index (χ1n) is 5.45. The number of hydrogen-bond acceptors (Lipinski definition) is 6. The molecule has 1 unspecified atom stereocenters. The Hall–Kier alpha value is -1.50. The van der Waals surface area contributed by atoms with Gasteiger partial charge in [-0.05, 0) is 26.0 Å². The van der Waals surface area contributed by atoms with E-state index in [2.05, 4.69) is 20.1 Å². The SMILES string of the molecule is COC(=O)CC(CN)c1nnn(C(C)(C)C)n1. The lowest BCUT2D eigenvalue weighted by Crippen LogP contribution is -2.25. The number of esters is 1. The zero-order valence-corrected chi connectivity index (χ0v) is 10.7. The fourth-order valence-corrected chi connectivity index (χ4v) is 1.24. The molecule has 1 heterocycles. The molecule has 1 aromatic rings. The van der Waals surface area contributed by atoms with Crippen molar-refractivity contribution >= 4 is 5.97 Å². The van der Waals surface area contributed by atoms with Gasteiger partial charge in [-0.25, -0.2) is 0 Å². The van der Waals surface area contributed by atoms with E-state index in [9.17, 15) is 4.79 Å². The summed E-state index contributed by atoms with van der Waals surface area (Å²) in [4.78, 5) is 12.7. The van der Waals surface area contributed by atoms with Crippen molar-refractivity contribution < 1.29 is 9.53 Å². The summed E-state index contributed by atoms with van der Waals surface area (Å²) in [5.41, 5.74) is 5.36. The average molecular weight is 241 g/mol. The topological polar surface area (TPSA) is 95.9 Å². The van der Waals surface area contributed by atoms with Gasteiger partial charge in [0.05, 0.1) is 19.1 Å². The Labute approximate surface area is 100 Å². The maximum absolute atomic E-state index is 11.2. The third-order valence-corrected chi connectivity index (χ3v) is 2.32. The Morgan fingerprint density at radius 2 is 2.18 bits per heavy atom. The van der Waals surface area contributed by atoms with Gasteiger partial charge < -0.3 is 10.5 Å². The first-order valence-corrected chi connectivity index (χ1v) is 5.45. The summed E-state index contributed by atoms with van der Waals surface area (Å²) in [6.45, 7) is 6.19. The zero-order chi connectivity index (χ0) is 13.1. The van der Waals surface area contributed by atoms with Gasteiger partial charge >= 0.3 is 5.97 Å². The third-order valence-electron chi connectivity index (χ3n) is 2.32. The van der Waals surface area contributed by atoms with E-state index in [1.807, 2.05) is 20.8 Å². The number of tetrazole rings is 1. The molecule has 1 atom stereocenters. The molecule has 0 aliphatic rings. The summed E-state index contributed by atoms with van der Waals surface area (Å²) in [7, 11) is 1.34. The molecule has 7 heteroatoms. The predicted octanol–water partition coefficient (Wildman–Crippen LogP) is 0.0335. The Kier molecular flexibility index (Phi) is 4.17. The minimum absolute atomic E-state index is 0.169. The van der Waals surface area contributed by atoms with Gasteiger partial charge in [-0.1, -0.05) is 0 Å². The minimum atomic E-state index is -0.326. The Balaban J connectivity index is 2.83. The number of methoxy groups -OCH3 is 1. The van der Waals surface area contributed by atoms with Gasteiger partial charge in [0.25, 0.3) is 0 Å². The summed E-state index contributed by atoms with van der Waals surface area (Å²) in [6, 6.07) is 0. The molecule has 96 valence electrons. The number of carbonyl (C=O) groups excluding carboxylic acids is 1. The van der Waals surface area contributed by atoms with Crippen LogP contribution in [0.2, 0.25) is 0 Å². The van der Waals surface area contributed by atoms with E-state index in [4.69, 9.17) is 5.73 Å². The molecular weight excluding hydrogens is 222 g/mol. The van der Waals surface area contributed by atoms with Crippen LogP contribution in [0.1, 0.15) is 38.9 Å². The van der Waals surface area contributed by atoms with Crippen molar-refractivity contribution in [3.63, 3.8) is 0 Å². The van der Waals surface area contributed by atoms with Crippen LogP contribution in [0.25, 0.3) is 0 Å². The van der Waals surface area contributed by atoms with E-state index in [-0.39, 0.29) is 30.4 Å². The number of rotatable bonds is 4. The first kappa shape index (κ1) is 13.6. The molecule has 0 saturated carbocycles. The molecule has 2 N–H and O–H groups in total. The highest BCUT2D eigenvalue weighted by molar-refractivity contribution is 5.70. The quantitative estimate of drug-likeness (QED) is 0.747. The monoisotopic (exact) mass is 241 g/mol.